The normalized spacial score (nSPS) is 10.7. The van der Waals surface area contributed by atoms with Crippen LogP contribution in [0.15, 0.2) is 48.5 Å². The van der Waals surface area contributed by atoms with Gasteiger partial charge in [-0.05, 0) is 88.6 Å². The standard InChI is InChI=1S/C27H25ClFN3O3/c1-16-13-20(10-9-18-7-6-8-19(29)14-18)30-17(2)24(16)32-25(33)22-15-21(11-12-23(22)28)31-26(34)35-27(3,4)5/h6-8,11-15H,1-5H3,(H,31,34)(H,32,33). The third-order valence-corrected chi connectivity index (χ3v) is 4.98. The van der Waals surface area contributed by atoms with Crippen LogP contribution in [0.3, 0.4) is 0 Å². The topological polar surface area (TPSA) is 80.3 Å². The van der Waals surface area contributed by atoms with Crippen LogP contribution >= 0.6 is 11.6 Å². The van der Waals surface area contributed by atoms with Crippen molar-refractivity contribution in [3.05, 3.63) is 87.4 Å². The van der Waals surface area contributed by atoms with Gasteiger partial charge in [-0.25, -0.2) is 14.2 Å². The molecule has 0 bridgehead atoms. The number of hydrogen-bond acceptors (Lipinski definition) is 4. The molecule has 0 spiro atoms. The second-order valence-corrected chi connectivity index (χ2v) is 9.23. The van der Waals surface area contributed by atoms with Gasteiger partial charge in [0.2, 0.25) is 0 Å². The van der Waals surface area contributed by atoms with Crippen LogP contribution in [-0.4, -0.2) is 22.6 Å². The van der Waals surface area contributed by atoms with E-state index in [1.54, 1.807) is 52.0 Å². The number of carbonyl (C=O) groups is 2. The molecule has 0 radical (unpaired) electrons. The van der Waals surface area contributed by atoms with Gasteiger partial charge in [0.25, 0.3) is 5.91 Å². The molecule has 2 amide bonds. The van der Waals surface area contributed by atoms with E-state index in [-0.39, 0.29) is 16.4 Å². The molecule has 3 rings (SSSR count). The lowest BCUT2D eigenvalue weighted by Gasteiger charge is -2.20. The Morgan fingerprint density at radius 1 is 1.03 bits per heavy atom. The van der Waals surface area contributed by atoms with E-state index in [4.69, 9.17) is 16.3 Å². The molecule has 0 fully saturated rings. The average Bonchev–Trinajstić information content (AvgIpc) is 2.74. The Balaban J connectivity index is 1.79. The van der Waals surface area contributed by atoms with Crippen LogP contribution < -0.4 is 10.6 Å². The first-order chi connectivity index (χ1) is 16.4. The summed E-state index contributed by atoms with van der Waals surface area (Å²) in [5.41, 5.74) is 2.73. The monoisotopic (exact) mass is 493 g/mol. The van der Waals surface area contributed by atoms with Gasteiger partial charge in [0.15, 0.2) is 0 Å². The van der Waals surface area contributed by atoms with Gasteiger partial charge in [-0.3, -0.25) is 10.1 Å². The molecule has 0 aliphatic carbocycles. The molecule has 0 atom stereocenters. The molecule has 1 heterocycles. The zero-order valence-electron chi connectivity index (χ0n) is 20.0. The quantitative estimate of drug-likeness (QED) is 0.409. The van der Waals surface area contributed by atoms with E-state index in [1.807, 2.05) is 6.92 Å². The Kier molecular flexibility index (Phi) is 7.78. The third kappa shape index (κ3) is 7.29. The summed E-state index contributed by atoms with van der Waals surface area (Å²) >= 11 is 6.25. The molecular weight excluding hydrogens is 469 g/mol. The number of amides is 2. The van der Waals surface area contributed by atoms with E-state index in [0.717, 1.165) is 5.56 Å². The number of halogens is 2. The number of anilines is 2. The predicted octanol–water partition coefficient (Wildman–Crippen LogP) is 6.49. The minimum absolute atomic E-state index is 0.175. The fourth-order valence-corrected chi connectivity index (χ4v) is 3.37. The summed E-state index contributed by atoms with van der Waals surface area (Å²) in [4.78, 5) is 29.5. The first kappa shape index (κ1) is 25.7. The summed E-state index contributed by atoms with van der Waals surface area (Å²) < 4.78 is 18.6. The molecule has 6 nitrogen and oxygen atoms in total. The fraction of sp³-hybridized carbons (Fsp3) is 0.222. The minimum Gasteiger partial charge on any atom is -0.444 e. The Labute approximate surface area is 208 Å². The molecule has 3 aromatic rings. The smallest absolute Gasteiger partial charge is 0.412 e. The van der Waals surface area contributed by atoms with Gasteiger partial charge in [0.05, 0.1) is 22.0 Å². The molecule has 35 heavy (non-hydrogen) atoms. The summed E-state index contributed by atoms with van der Waals surface area (Å²) in [6, 6.07) is 12.3. The van der Waals surface area contributed by atoms with Crippen molar-refractivity contribution in [2.24, 2.45) is 0 Å². The summed E-state index contributed by atoms with van der Waals surface area (Å²) in [6.07, 6.45) is -0.642. The number of aromatic nitrogens is 1. The van der Waals surface area contributed by atoms with Crippen LogP contribution in [0.2, 0.25) is 5.02 Å². The summed E-state index contributed by atoms with van der Waals surface area (Å²) in [7, 11) is 0. The highest BCUT2D eigenvalue weighted by molar-refractivity contribution is 6.34. The number of benzene rings is 2. The van der Waals surface area contributed by atoms with E-state index in [2.05, 4.69) is 27.5 Å². The van der Waals surface area contributed by atoms with E-state index in [9.17, 15) is 14.0 Å². The molecule has 2 aromatic carbocycles. The molecule has 8 heteroatoms. The summed E-state index contributed by atoms with van der Waals surface area (Å²) in [6.45, 7) is 8.83. The fourth-order valence-electron chi connectivity index (χ4n) is 3.17. The van der Waals surface area contributed by atoms with Gasteiger partial charge >= 0.3 is 6.09 Å². The lowest BCUT2D eigenvalue weighted by molar-refractivity contribution is 0.0635. The van der Waals surface area contributed by atoms with Crippen molar-refractivity contribution in [1.82, 2.24) is 4.98 Å². The van der Waals surface area contributed by atoms with E-state index < -0.39 is 17.6 Å². The zero-order chi connectivity index (χ0) is 25.8. The van der Waals surface area contributed by atoms with Gasteiger partial charge < -0.3 is 10.1 Å². The highest BCUT2D eigenvalue weighted by Crippen LogP contribution is 2.25. The predicted molar refractivity (Wildman–Crippen MR) is 135 cm³/mol. The molecule has 1 aromatic heterocycles. The molecule has 0 saturated carbocycles. The molecule has 2 N–H and O–H groups in total. The SMILES string of the molecule is Cc1cc(C#Cc2cccc(F)c2)nc(C)c1NC(=O)c1cc(NC(=O)OC(C)(C)C)ccc1Cl. The summed E-state index contributed by atoms with van der Waals surface area (Å²) in [5, 5.41) is 5.65. The first-order valence-corrected chi connectivity index (χ1v) is 11.2. The highest BCUT2D eigenvalue weighted by atomic mass is 35.5. The average molecular weight is 494 g/mol. The van der Waals surface area contributed by atoms with E-state index in [0.29, 0.717) is 28.3 Å². The number of hydrogen-bond donors (Lipinski definition) is 2. The van der Waals surface area contributed by atoms with Crippen molar-refractivity contribution in [1.29, 1.82) is 0 Å². The number of rotatable bonds is 3. The molecule has 0 saturated heterocycles. The van der Waals surface area contributed by atoms with Gasteiger partial charge in [-0.15, -0.1) is 0 Å². The number of aryl methyl sites for hydroxylation is 2. The van der Waals surface area contributed by atoms with Gasteiger partial charge in [0.1, 0.15) is 17.1 Å². The van der Waals surface area contributed by atoms with Crippen LogP contribution in [-0.2, 0) is 4.74 Å². The van der Waals surface area contributed by atoms with Gasteiger partial charge in [0, 0.05) is 11.3 Å². The van der Waals surface area contributed by atoms with Crippen LogP contribution in [0, 0.1) is 31.5 Å². The Morgan fingerprint density at radius 2 is 1.77 bits per heavy atom. The Morgan fingerprint density at radius 3 is 2.43 bits per heavy atom. The summed E-state index contributed by atoms with van der Waals surface area (Å²) in [5.74, 6) is 4.98. The Bertz CT molecular complexity index is 1330. The highest BCUT2D eigenvalue weighted by Gasteiger charge is 2.18. The van der Waals surface area contributed by atoms with Crippen LogP contribution in [0.5, 0.6) is 0 Å². The minimum atomic E-state index is -0.660. The number of pyridine rings is 1. The van der Waals surface area contributed by atoms with Gasteiger partial charge in [-0.1, -0.05) is 23.6 Å². The molecule has 0 aliphatic rings. The molecule has 180 valence electrons. The number of nitrogens with zero attached hydrogens (tertiary/aromatic N) is 1. The van der Waals surface area contributed by atoms with Crippen molar-refractivity contribution in [3.63, 3.8) is 0 Å². The lowest BCUT2D eigenvalue weighted by atomic mass is 10.1. The van der Waals surface area contributed by atoms with Crippen LogP contribution in [0.1, 0.15) is 53.6 Å². The van der Waals surface area contributed by atoms with Crippen molar-refractivity contribution in [2.45, 2.75) is 40.2 Å². The van der Waals surface area contributed by atoms with Crippen molar-refractivity contribution in [2.75, 3.05) is 10.6 Å². The maximum atomic E-state index is 13.4. The van der Waals surface area contributed by atoms with E-state index in [1.165, 1.54) is 24.3 Å². The number of nitrogens with one attached hydrogen (secondary N) is 2. The maximum Gasteiger partial charge on any atom is 0.412 e. The van der Waals surface area contributed by atoms with Crippen molar-refractivity contribution in [3.8, 4) is 11.8 Å². The van der Waals surface area contributed by atoms with Crippen molar-refractivity contribution >= 4 is 35.0 Å². The van der Waals surface area contributed by atoms with Gasteiger partial charge in [-0.2, -0.15) is 0 Å². The second kappa shape index (κ2) is 10.6. The number of ether oxygens (including phenoxy) is 1. The molecular formula is C27H25ClFN3O3. The van der Waals surface area contributed by atoms with Crippen LogP contribution in [0.25, 0.3) is 0 Å². The van der Waals surface area contributed by atoms with Crippen LogP contribution in [0.4, 0.5) is 20.6 Å². The lowest BCUT2D eigenvalue weighted by Crippen LogP contribution is -2.27. The Hall–Kier alpha value is -3.89. The second-order valence-electron chi connectivity index (χ2n) is 8.82. The zero-order valence-corrected chi connectivity index (χ0v) is 20.8. The van der Waals surface area contributed by atoms with E-state index >= 15 is 0 Å². The molecule has 0 unspecified atom stereocenters. The third-order valence-electron chi connectivity index (χ3n) is 4.65. The number of carbonyl (C=O) groups excluding carboxylic acids is 2. The van der Waals surface area contributed by atoms with Crippen molar-refractivity contribution < 1.29 is 18.7 Å². The first-order valence-electron chi connectivity index (χ1n) is 10.8. The molecule has 0 aliphatic heterocycles. The maximum absolute atomic E-state index is 13.4. The largest absolute Gasteiger partial charge is 0.444 e.